The number of hydrogen-bond acceptors (Lipinski definition) is 2. The van der Waals surface area contributed by atoms with Gasteiger partial charge in [0.1, 0.15) is 5.69 Å². The fraction of sp³-hybridized carbons (Fsp3) is 0.286. The number of benzene rings is 1. The van der Waals surface area contributed by atoms with Crippen LogP contribution in [0.2, 0.25) is 5.02 Å². The molecule has 6 heteroatoms. The summed E-state index contributed by atoms with van der Waals surface area (Å²) in [5, 5.41) is 4.06. The number of carbonyl (C=O) groups excluding carboxylic acids is 1. The molecular weight excluding hydrogens is 276 g/mol. The van der Waals surface area contributed by atoms with Gasteiger partial charge in [-0.3, -0.25) is 15.1 Å². The third-order valence-electron chi connectivity index (χ3n) is 2.86. The smallest absolute Gasteiger partial charge is 0.274 e. The number of hydrogen-bond donors (Lipinski definition) is 3. The molecule has 0 atom stereocenters. The second-order valence-electron chi connectivity index (χ2n) is 4.49. The van der Waals surface area contributed by atoms with E-state index in [0.717, 1.165) is 23.7 Å². The summed E-state index contributed by atoms with van der Waals surface area (Å²) >= 11 is 5.91. The van der Waals surface area contributed by atoms with E-state index in [1.54, 1.807) is 18.2 Å². The molecule has 4 N–H and O–H groups in total. The normalized spacial score (nSPS) is 11.8. The van der Waals surface area contributed by atoms with Gasteiger partial charge in [-0.1, -0.05) is 24.9 Å². The maximum atomic E-state index is 12.0. The van der Waals surface area contributed by atoms with Crippen molar-refractivity contribution in [2.75, 3.05) is 6.54 Å². The van der Waals surface area contributed by atoms with Gasteiger partial charge in [0.2, 0.25) is 0 Å². The van der Waals surface area contributed by atoms with Crippen LogP contribution in [0.15, 0.2) is 29.3 Å². The predicted octanol–water partition coefficient (Wildman–Crippen LogP) is 2.67. The number of guanidine groups is 1. The van der Waals surface area contributed by atoms with Crippen LogP contribution in [0.5, 0.6) is 0 Å². The molecule has 1 aromatic carbocycles. The van der Waals surface area contributed by atoms with Crippen LogP contribution in [0.3, 0.4) is 0 Å². The Kier molecular flexibility index (Phi) is 4.63. The third-order valence-corrected chi connectivity index (χ3v) is 3.10. The topological polar surface area (TPSA) is 83.3 Å². The monoisotopic (exact) mass is 292 g/mol. The van der Waals surface area contributed by atoms with Gasteiger partial charge in [0.05, 0.1) is 0 Å². The minimum Gasteiger partial charge on any atom is -0.370 e. The Bertz CT molecular complexity index is 648. The van der Waals surface area contributed by atoms with Crippen molar-refractivity contribution in [2.24, 2.45) is 10.7 Å². The number of aromatic amines is 1. The van der Waals surface area contributed by atoms with Crippen molar-refractivity contribution in [3.8, 4) is 0 Å². The number of fused-ring (bicyclic) bond motifs is 1. The van der Waals surface area contributed by atoms with Crippen molar-refractivity contribution in [3.05, 3.63) is 35.0 Å². The van der Waals surface area contributed by atoms with Crippen molar-refractivity contribution in [2.45, 2.75) is 19.8 Å². The Hall–Kier alpha value is -2.01. The van der Waals surface area contributed by atoms with E-state index in [1.807, 2.05) is 6.07 Å². The highest BCUT2D eigenvalue weighted by atomic mass is 35.5. The van der Waals surface area contributed by atoms with Crippen LogP contribution in [-0.4, -0.2) is 23.4 Å². The summed E-state index contributed by atoms with van der Waals surface area (Å²) < 4.78 is 0. The highest BCUT2D eigenvalue weighted by Crippen LogP contribution is 2.19. The molecule has 0 aliphatic rings. The average Bonchev–Trinajstić information content (AvgIpc) is 2.82. The highest BCUT2D eigenvalue weighted by molar-refractivity contribution is 6.31. The maximum Gasteiger partial charge on any atom is 0.274 e. The number of H-pyrrole nitrogens is 1. The van der Waals surface area contributed by atoms with Gasteiger partial charge in [-0.15, -0.1) is 0 Å². The van der Waals surface area contributed by atoms with E-state index < -0.39 is 0 Å². The third kappa shape index (κ3) is 3.51. The molecule has 0 saturated carbocycles. The zero-order chi connectivity index (χ0) is 14.5. The van der Waals surface area contributed by atoms with Crippen molar-refractivity contribution in [1.82, 2.24) is 10.3 Å². The molecule has 0 radical (unpaired) electrons. The number of nitrogens with two attached hydrogens (primary N) is 1. The molecule has 20 heavy (non-hydrogen) atoms. The number of carbonyl (C=O) groups is 1. The Morgan fingerprint density at radius 2 is 2.25 bits per heavy atom. The van der Waals surface area contributed by atoms with Crippen LogP contribution in [0.4, 0.5) is 0 Å². The zero-order valence-electron chi connectivity index (χ0n) is 11.2. The largest absolute Gasteiger partial charge is 0.370 e. The standard InChI is InChI=1S/C14H17ClN4O/c1-2-3-6-17-14(16)19-13(20)12-8-9-7-10(15)4-5-11(9)18-12/h4-5,7-8,18H,2-3,6H2,1H3,(H3,16,17,19,20). The number of halogens is 1. The van der Waals surface area contributed by atoms with Gasteiger partial charge in [-0.05, 0) is 30.7 Å². The molecule has 1 amide bonds. The summed E-state index contributed by atoms with van der Waals surface area (Å²) in [7, 11) is 0. The molecule has 1 aromatic heterocycles. The van der Waals surface area contributed by atoms with E-state index in [9.17, 15) is 4.79 Å². The minimum absolute atomic E-state index is 0.139. The lowest BCUT2D eigenvalue weighted by Crippen LogP contribution is -2.37. The highest BCUT2D eigenvalue weighted by Gasteiger charge is 2.10. The number of rotatable bonds is 4. The molecule has 1 heterocycles. The SMILES string of the molecule is CCCCN=C(N)NC(=O)c1cc2cc(Cl)ccc2[nH]1. The van der Waals surface area contributed by atoms with Gasteiger partial charge >= 0.3 is 0 Å². The van der Waals surface area contributed by atoms with E-state index in [1.165, 1.54) is 0 Å². The summed E-state index contributed by atoms with van der Waals surface area (Å²) in [4.78, 5) is 19.1. The molecule has 0 aliphatic heterocycles. The Morgan fingerprint density at radius 1 is 1.45 bits per heavy atom. The second kappa shape index (κ2) is 6.43. The van der Waals surface area contributed by atoms with Crippen LogP contribution in [0.1, 0.15) is 30.3 Å². The van der Waals surface area contributed by atoms with Gasteiger partial charge in [-0.25, -0.2) is 0 Å². The fourth-order valence-electron chi connectivity index (χ4n) is 1.81. The van der Waals surface area contributed by atoms with E-state index in [4.69, 9.17) is 17.3 Å². The summed E-state index contributed by atoms with van der Waals surface area (Å²) in [5.74, 6) is -0.171. The molecule has 0 saturated heterocycles. The van der Waals surface area contributed by atoms with Gasteiger partial charge in [-0.2, -0.15) is 0 Å². The quantitative estimate of drug-likeness (QED) is 0.460. The van der Waals surface area contributed by atoms with Crippen molar-refractivity contribution in [1.29, 1.82) is 0 Å². The summed E-state index contributed by atoms with van der Waals surface area (Å²) in [6, 6.07) is 7.12. The molecule has 0 fully saturated rings. The number of aliphatic imine (C=N–C) groups is 1. The molecule has 106 valence electrons. The Balaban J connectivity index is 2.09. The molecule has 0 aliphatic carbocycles. The summed E-state index contributed by atoms with van der Waals surface area (Å²) in [6.45, 7) is 2.69. The van der Waals surface area contributed by atoms with Crippen LogP contribution in [-0.2, 0) is 0 Å². The van der Waals surface area contributed by atoms with Crippen LogP contribution < -0.4 is 11.1 Å². The molecule has 5 nitrogen and oxygen atoms in total. The molecule has 2 aromatic rings. The number of aromatic nitrogens is 1. The predicted molar refractivity (Wildman–Crippen MR) is 82.2 cm³/mol. The maximum absolute atomic E-state index is 12.0. The van der Waals surface area contributed by atoms with Crippen molar-refractivity contribution >= 4 is 34.4 Å². The summed E-state index contributed by atoms with van der Waals surface area (Å²) in [5.41, 5.74) is 6.93. The fourth-order valence-corrected chi connectivity index (χ4v) is 1.99. The number of amides is 1. The molecule has 0 spiro atoms. The first kappa shape index (κ1) is 14.4. The van der Waals surface area contributed by atoms with E-state index in [-0.39, 0.29) is 11.9 Å². The van der Waals surface area contributed by atoms with Gasteiger partial charge < -0.3 is 10.7 Å². The molecule has 0 bridgehead atoms. The van der Waals surface area contributed by atoms with Crippen molar-refractivity contribution in [3.63, 3.8) is 0 Å². The van der Waals surface area contributed by atoms with Gasteiger partial charge in [0.15, 0.2) is 5.96 Å². The minimum atomic E-state index is -0.310. The number of unbranched alkanes of at least 4 members (excludes halogenated alkanes) is 1. The summed E-state index contributed by atoms with van der Waals surface area (Å²) in [6.07, 6.45) is 1.98. The van der Waals surface area contributed by atoms with Crippen LogP contribution in [0.25, 0.3) is 10.9 Å². The number of nitrogens with zero attached hydrogens (tertiary/aromatic N) is 1. The van der Waals surface area contributed by atoms with Crippen LogP contribution >= 0.6 is 11.6 Å². The lowest BCUT2D eigenvalue weighted by atomic mass is 10.2. The van der Waals surface area contributed by atoms with Gasteiger partial charge in [0, 0.05) is 22.5 Å². The lowest BCUT2D eigenvalue weighted by Gasteiger charge is -2.02. The van der Waals surface area contributed by atoms with Crippen molar-refractivity contribution < 1.29 is 4.79 Å². The zero-order valence-corrected chi connectivity index (χ0v) is 12.0. The Labute approximate surface area is 122 Å². The second-order valence-corrected chi connectivity index (χ2v) is 4.93. The Morgan fingerprint density at radius 3 is 3.00 bits per heavy atom. The van der Waals surface area contributed by atoms with E-state index >= 15 is 0 Å². The van der Waals surface area contributed by atoms with Gasteiger partial charge in [0.25, 0.3) is 5.91 Å². The first-order chi connectivity index (χ1) is 9.60. The first-order valence-corrected chi connectivity index (χ1v) is 6.87. The average molecular weight is 293 g/mol. The molecule has 2 rings (SSSR count). The first-order valence-electron chi connectivity index (χ1n) is 6.49. The molecular formula is C14H17ClN4O. The lowest BCUT2D eigenvalue weighted by molar-refractivity contribution is 0.0972. The van der Waals surface area contributed by atoms with Crippen LogP contribution in [0, 0.1) is 0 Å². The number of nitrogens with one attached hydrogen (secondary N) is 2. The van der Waals surface area contributed by atoms with E-state index in [2.05, 4.69) is 22.2 Å². The molecule has 0 unspecified atom stereocenters. The van der Waals surface area contributed by atoms with E-state index in [0.29, 0.717) is 17.3 Å².